The fraction of sp³-hybridized carbons (Fsp3) is 0.440. The molecule has 0 aliphatic carbocycles. The maximum atomic E-state index is 14.3. The quantitative estimate of drug-likeness (QED) is 0.607. The average Bonchev–Trinajstić information content (AvgIpc) is 2.84. The molecule has 2 amide bonds. The largest absolute Gasteiger partial charge is 0.493 e. The summed E-state index contributed by atoms with van der Waals surface area (Å²) < 4.78 is 39.1. The second-order valence-electron chi connectivity index (χ2n) is 8.87. The average molecular weight is 493 g/mol. The molecule has 0 radical (unpaired) electrons. The van der Waals surface area contributed by atoms with Crippen LogP contribution < -0.4 is 4.74 Å². The lowest BCUT2D eigenvalue weighted by atomic mass is 9.77. The van der Waals surface area contributed by atoms with E-state index in [9.17, 15) is 18.4 Å². The molecule has 0 saturated carbocycles. The minimum atomic E-state index is -0.900. The van der Waals surface area contributed by atoms with Crippen LogP contribution in [-0.4, -0.2) is 67.6 Å². The topological polar surface area (TPSA) is 59.1 Å². The van der Waals surface area contributed by atoms with Crippen molar-refractivity contribution in [3.05, 3.63) is 64.7 Å². The van der Waals surface area contributed by atoms with Crippen LogP contribution >= 0.6 is 11.6 Å². The van der Waals surface area contributed by atoms with E-state index in [4.69, 9.17) is 21.1 Å². The van der Waals surface area contributed by atoms with E-state index in [2.05, 4.69) is 0 Å². The lowest BCUT2D eigenvalue weighted by Gasteiger charge is -2.43. The van der Waals surface area contributed by atoms with Gasteiger partial charge in [-0.2, -0.15) is 0 Å². The number of carbonyl (C=O) groups is 2. The lowest BCUT2D eigenvalue weighted by Crippen LogP contribution is -2.52. The number of hydrogen-bond acceptors (Lipinski definition) is 4. The standard InChI is InChI=1S/C25H27ClF2N2O4/c26-18-2-5-20(6-3-18)34-17-25(15-23(31)29-10-12-33-13-11-29)8-1-9-30(16-25)24(32)21-7-4-19(27)14-22(21)28/h2-7,14H,1,8-13,15-17H2. The summed E-state index contributed by atoms with van der Waals surface area (Å²) in [6, 6.07) is 9.87. The smallest absolute Gasteiger partial charge is 0.256 e. The Balaban J connectivity index is 1.54. The first-order valence-electron chi connectivity index (χ1n) is 11.3. The van der Waals surface area contributed by atoms with Crippen molar-refractivity contribution in [2.75, 3.05) is 46.0 Å². The summed E-state index contributed by atoms with van der Waals surface area (Å²) in [7, 11) is 0. The first-order valence-corrected chi connectivity index (χ1v) is 11.7. The highest BCUT2D eigenvalue weighted by Gasteiger charge is 2.41. The van der Waals surface area contributed by atoms with Crippen LogP contribution in [0.2, 0.25) is 5.02 Å². The molecule has 6 nitrogen and oxygen atoms in total. The molecule has 0 aromatic heterocycles. The van der Waals surface area contributed by atoms with Gasteiger partial charge in [-0.15, -0.1) is 0 Å². The molecule has 2 aliphatic heterocycles. The van der Waals surface area contributed by atoms with Crippen molar-refractivity contribution in [2.24, 2.45) is 5.41 Å². The summed E-state index contributed by atoms with van der Waals surface area (Å²) in [6.07, 6.45) is 1.50. The molecule has 2 fully saturated rings. The molecule has 2 aliphatic rings. The highest BCUT2D eigenvalue weighted by Crippen LogP contribution is 2.36. The van der Waals surface area contributed by atoms with Crippen molar-refractivity contribution in [1.82, 2.24) is 9.80 Å². The van der Waals surface area contributed by atoms with E-state index in [0.717, 1.165) is 12.1 Å². The van der Waals surface area contributed by atoms with E-state index >= 15 is 0 Å². The van der Waals surface area contributed by atoms with E-state index in [1.54, 1.807) is 29.2 Å². The van der Waals surface area contributed by atoms with Crippen molar-refractivity contribution in [2.45, 2.75) is 19.3 Å². The third kappa shape index (κ3) is 5.85. The fourth-order valence-electron chi connectivity index (χ4n) is 4.54. The van der Waals surface area contributed by atoms with Gasteiger partial charge in [-0.25, -0.2) is 8.78 Å². The number of ether oxygens (including phenoxy) is 2. The van der Waals surface area contributed by atoms with Gasteiger partial charge in [-0.3, -0.25) is 9.59 Å². The molecular weight excluding hydrogens is 466 g/mol. The van der Waals surface area contributed by atoms with Gasteiger partial charge < -0.3 is 19.3 Å². The van der Waals surface area contributed by atoms with Gasteiger partial charge in [0.05, 0.1) is 25.4 Å². The van der Waals surface area contributed by atoms with Crippen LogP contribution in [0.4, 0.5) is 8.78 Å². The van der Waals surface area contributed by atoms with Gasteiger partial charge in [0.2, 0.25) is 5.91 Å². The maximum Gasteiger partial charge on any atom is 0.256 e. The van der Waals surface area contributed by atoms with Crippen molar-refractivity contribution in [1.29, 1.82) is 0 Å². The number of halogens is 3. The highest BCUT2D eigenvalue weighted by atomic mass is 35.5. The molecule has 4 rings (SSSR count). The van der Waals surface area contributed by atoms with Gasteiger partial charge in [0.1, 0.15) is 17.4 Å². The number of hydrogen-bond donors (Lipinski definition) is 0. The minimum absolute atomic E-state index is 0.0229. The number of likely N-dealkylation sites (tertiary alicyclic amines) is 1. The Kier molecular flexibility index (Phi) is 7.68. The van der Waals surface area contributed by atoms with Crippen molar-refractivity contribution < 1.29 is 27.8 Å². The molecule has 2 saturated heterocycles. The van der Waals surface area contributed by atoms with Gasteiger partial charge in [0.25, 0.3) is 5.91 Å². The molecule has 2 heterocycles. The number of piperidine rings is 1. The monoisotopic (exact) mass is 492 g/mol. The van der Waals surface area contributed by atoms with Crippen LogP contribution in [0.3, 0.4) is 0 Å². The SMILES string of the molecule is O=C(CC1(COc2ccc(Cl)cc2)CCCN(C(=O)c2ccc(F)cc2F)C1)N1CCOCC1. The van der Waals surface area contributed by atoms with Crippen LogP contribution in [0.25, 0.3) is 0 Å². The number of nitrogens with zero attached hydrogens (tertiary/aromatic N) is 2. The molecule has 0 spiro atoms. The van der Waals surface area contributed by atoms with E-state index in [0.29, 0.717) is 62.5 Å². The zero-order chi connectivity index (χ0) is 24.1. The number of amides is 2. The first kappa shape index (κ1) is 24.4. The van der Waals surface area contributed by atoms with Crippen LogP contribution in [0.1, 0.15) is 29.6 Å². The Labute approximate surface area is 202 Å². The summed E-state index contributed by atoms with van der Waals surface area (Å²) in [6.45, 7) is 2.90. The molecule has 2 aromatic rings. The third-order valence-electron chi connectivity index (χ3n) is 6.36. The summed E-state index contributed by atoms with van der Waals surface area (Å²) in [4.78, 5) is 29.6. The van der Waals surface area contributed by atoms with Gasteiger partial charge in [-0.1, -0.05) is 11.6 Å². The van der Waals surface area contributed by atoms with E-state index in [1.807, 2.05) is 0 Å². The lowest BCUT2D eigenvalue weighted by molar-refractivity contribution is -0.139. The van der Waals surface area contributed by atoms with Gasteiger partial charge >= 0.3 is 0 Å². The summed E-state index contributed by atoms with van der Waals surface area (Å²) >= 11 is 5.96. The zero-order valence-electron chi connectivity index (χ0n) is 18.8. The maximum absolute atomic E-state index is 14.3. The van der Waals surface area contributed by atoms with Crippen LogP contribution in [0, 0.1) is 17.0 Å². The second kappa shape index (κ2) is 10.7. The molecule has 1 atom stereocenters. The molecule has 0 bridgehead atoms. The molecule has 0 N–H and O–H groups in total. The van der Waals surface area contributed by atoms with Crippen LogP contribution in [0.15, 0.2) is 42.5 Å². The Morgan fingerprint density at radius 2 is 1.76 bits per heavy atom. The summed E-state index contributed by atoms with van der Waals surface area (Å²) in [5.41, 5.74) is -0.838. The number of benzene rings is 2. The van der Waals surface area contributed by atoms with Gasteiger partial charge in [-0.05, 0) is 49.2 Å². The molecule has 9 heteroatoms. The normalized spacial score (nSPS) is 20.8. The van der Waals surface area contributed by atoms with Crippen molar-refractivity contribution >= 4 is 23.4 Å². The Morgan fingerprint density at radius 1 is 1.03 bits per heavy atom. The number of morpholine rings is 1. The Morgan fingerprint density at radius 3 is 2.47 bits per heavy atom. The second-order valence-corrected chi connectivity index (χ2v) is 9.30. The molecule has 34 heavy (non-hydrogen) atoms. The number of carbonyl (C=O) groups excluding carboxylic acids is 2. The molecule has 2 aromatic carbocycles. The predicted molar refractivity (Wildman–Crippen MR) is 123 cm³/mol. The molecule has 1 unspecified atom stereocenters. The van der Waals surface area contributed by atoms with E-state index in [-0.39, 0.29) is 31.0 Å². The molecular formula is C25H27ClF2N2O4. The van der Waals surface area contributed by atoms with Crippen LogP contribution in [-0.2, 0) is 9.53 Å². The van der Waals surface area contributed by atoms with Gasteiger partial charge in [0, 0.05) is 49.1 Å². The Hall–Kier alpha value is -2.71. The van der Waals surface area contributed by atoms with Crippen molar-refractivity contribution in [3.63, 3.8) is 0 Å². The zero-order valence-corrected chi connectivity index (χ0v) is 19.5. The van der Waals surface area contributed by atoms with Crippen molar-refractivity contribution in [3.8, 4) is 5.75 Å². The van der Waals surface area contributed by atoms with Gasteiger partial charge in [0.15, 0.2) is 0 Å². The first-order chi connectivity index (χ1) is 16.3. The minimum Gasteiger partial charge on any atom is -0.493 e. The summed E-state index contributed by atoms with van der Waals surface area (Å²) in [5, 5.41) is 0.584. The van der Waals surface area contributed by atoms with E-state index in [1.165, 1.54) is 4.90 Å². The molecule has 182 valence electrons. The van der Waals surface area contributed by atoms with Crippen LogP contribution in [0.5, 0.6) is 5.75 Å². The predicted octanol–water partition coefficient (Wildman–Crippen LogP) is 4.17. The fourth-order valence-corrected chi connectivity index (χ4v) is 4.67. The van der Waals surface area contributed by atoms with E-state index < -0.39 is 23.0 Å². The highest BCUT2D eigenvalue weighted by molar-refractivity contribution is 6.30. The third-order valence-corrected chi connectivity index (χ3v) is 6.61. The number of rotatable bonds is 6. The summed E-state index contributed by atoms with van der Waals surface area (Å²) in [5.74, 6) is -1.58. The Bertz CT molecular complexity index is 1030.